The first-order chi connectivity index (χ1) is 10.9. The van der Waals surface area contributed by atoms with E-state index < -0.39 is 10.0 Å². The number of hydrogen-bond acceptors (Lipinski definition) is 5. The summed E-state index contributed by atoms with van der Waals surface area (Å²) in [7, 11) is -1.74. The Balaban J connectivity index is 1.88. The molecule has 23 heavy (non-hydrogen) atoms. The molecule has 1 aliphatic carbocycles. The number of thiophene rings is 1. The summed E-state index contributed by atoms with van der Waals surface area (Å²) in [6.45, 7) is 3.81. The average Bonchev–Trinajstić information content (AvgIpc) is 3.16. The monoisotopic (exact) mass is 354 g/mol. The molecule has 1 aliphatic rings. The van der Waals surface area contributed by atoms with Crippen LogP contribution in [0, 0.1) is 13.8 Å². The smallest absolute Gasteiger partial charge is 0.252 e. The lowest BCUT2D eigenvalue weighted by Crippen LogP contribution is -2.37. The molecule has 2 heterocycles. The molecular weight excluding hydrogens is 332 g/mol. The van der Waals surface area contributed by atoms with Crippen LogP contribution in [0.4, 0.5) is 0 Å². The predicted octanol–water partition coefficient (Wildman–Crippen LogP) is 3.97. The zero-order chi connectivity index (χ0) is 16.6. The number of hydrogen-bond donors (Lipinski definition) is 0. The third kappa shape index (κ3) is 3.09. The molecule has 126 valence electrons. The minimum absolute atomic E-state index is 0.119. The van der Waals surface area contributed by atoms with E-state index in [2.05, 4.69) is 5.16 Å². The molecule has 5 nitrogen and oxygen atoms in total. The topological polar surface area (TPSA) is 63.4 Å². The standard InChI is InChI=1S/C16H22N2O3S2/c1-11-12(2)17-21-16(11)13-9-15(22-10-13)23(19,20)18(3)14-7-5-4-6-8-14/h9-10,14H,4-8H2,1-3H3. The molecule has 3 rings (SSSR count). The highest BCUT2D eigenvalue weighted by Gasteiger charge is 2.30. The van der Waals surface area contributed by atoms with Crippen molar-refractivity contribution in [3.05, 3.63) is 22.7 Å². The van der Waals surface area contributed by atoms with Crippen LogP contribution in [0.2, 0.25) is 0 Å². The number of aryl methyl sites for hydroxylation is 1. The van der Waals surface area contributed by atoms with Gasteiger partial charge in [-0.25, -0.2) is 8.42 Å². The Morgan fingerprint density at radius 1 is 1.26 bits per heavy atom. The molecule has 0 N–H and O–H groups in total. The van der Waals surface area contributed by atoms with E-state index in [4.69, 9.17) is 4.52 Å². The summed E-state index contributed by atoms with van der Waals surface area (Å²) < 4.78 is 33.0. The van der Waals surface area contributed by atoms with Gasteiger partial charge >= 0.3 is 0 Å². The highest BCUT2D eigenvalue weighted by molar-refractivity contribution is 7.91. The summed E-state index contributed by atoms with van der Waals surface area (Å²) in [5.41, 5.74) is 2.56. The van der Waals surface area contributed by atoms with Crippen molar-refractivity contribution in [1.29, 1.82) is 0 Å². The van der Waals surface area contributed by atoms with Crippen LogP contribution < -0.4 is 0 Å². The second-order valence-electron chi connectivity index (χ2n) is 6.19. The van der Waals surface area contributed by atoms with Gasteiger partial charge in [-0.05, 0) is 32.8 Å². The van der Waals surface area contributed by atoms with Crippen LogP contribution in [0.25, 0.3) is 11.3 Å². The average molecular weight is 354 g/mol. The predicted molar refractivity (Wildman–Crippen MR) is 91.1 cm³/mol. The fourth-order valence-electron chi connectivity index (χ4n) is 3.04. The molecule has 0 unspecified atom stereocenters. The van der Waals surface area contributed by atoms with Gasteiger partial charge in [0, 0.05) is 29.6 Å². The van der Waals surface area contributed by atoms with Gasteiger partial charge in [0.1, 0.15) is 4.21 Å². The Kier molecular flexibility index (Phi) is 4.62. The van der Waals surface area contributed by atoms with Crippen LogP contribution in [-0.2, 0) is 10.0 Å². The maximum absolute atomic E-state index is 12.9. The third-order valence-corrected chi connectivity index (χ3v) is 8.04. The van der Waals surface area contributed by atoms with E-state index in [1.54, 1.807) is 17.4 Å². The molecule has 0 spiro atoms. The van der Waals surface area contributed by atoms with Gasteiger partial charge in [-0.1, -0.05) is 24.4 Å². The second kappa shape index (κ2) is 6.37. The Morgan fingerprint density at radius 2 is 1.96 bits per heavy atom. The third-order valence-electron chi connectivity index (χ3n) is 4.72. The van der Waals surface area contributed by atoms with Crippen molar-refractivity contribution in [3.63, 3.8) is 0 Å². The number of sulfonamides is 1. The maximum atomic E-state index is 12.9. The molecule has 2 aromatic heterocycles. The minimum atomic E-state index is -3.44. The molecule has 0 aliphatic heterocycles. The highest BCUT2D eigenvalue weighted by atomic mass is 32.2. The van der Waals surface area contributed by atoms with E-state index in [-0.39, 0.29) is 6.04 Å². The van der Waals surface area contributed by atoms with E-state index in [1.165, 1.54) is 17.8 Å². The summed E-state index contributed by atoms with van der Waals surface area (Å²) in [6, 6.07) is 1.82. The Hall–Kier alpha value is -1.18. The lowest BCUT2D eigenvalue weighted by atomic mass is 9.96. The van der Waals surface area contributed by atoms with Gasteiger partial charge in [-0.3, -0.25) is 0 Å². The van der Waals surface area contributed by atoms with Gasteiger partial charge in [0.2, 0.25) is 0 Å². The van der Waals surface area contributed by atoms with E-state index in [0.29, 0.717) is 9.97 Å². The normalized spacial score (nSPS) is 17.0. The van der Waals surface area contributed by atoms with Gasteiger partial charge in [-0.15, -0.1) is 11.3 Å². The van der Waals surface area contributed by atoms with Crippen LogP contribution in [-0.4, -0.2) is 31.0 Å². The van der Waals surface area contributed by atoms with Crippen molar-refractivity contribution in [3.8, 4) is 11.3 Å². The zero-order valence-corrected chi connectivity index (χ0v) is 15.3. The van der Waals surface area contributed by atoms with Crippen LogP contribution in [0.3, 0.4) is 0 Å². The first-order valence-corrected chi connectivity index (χ1v) is 10.2. The maximum Gasteiger partial charge on any atom is 0.252 e. The summed E-state index contributed by atoms with van der Waals surface area (Å²) >= 11 is 1.24. The summed E-state index contributed by atoms with van der Waals surface area (Å²) in [5, 5.41) is 5.77. The first-order valence-electron chi connectivity index (χ1n) is 7.91. The highest BCUT2D eigenvalue weighted by Crippen LogP contribution is 2.34. The van der Waals surface area contributed by atoms with Crippen molar-refractivity contribution < 1.29 is 12.9 Å². The van der Waals surface area contributed by atoms with Crippen LogP contribution >= 0.6 is 11.3 Å². The van der Waals surface area contributed by atoms with Gasteiger partial charge in [0.25, 0.3) is 10.0 Å². The largest absolute Gasteiger partial charge is 0.356 e. The number of aromatic nitrogens is 1. The van der Waals surface area contributed by atoms with E-state index in [9.17, 15) is 8.42 Å². The molecule has 1 saturated carbocycles. The Bertz CT molecular complexity index is 786. The molecule has 0 bridgehead atoms. The molecule has 0 radical (unpaired) electrons. The van der Waals surface area contributed by atoms with Gasteiger partial charge in [0.05, 0.1) is 5.69 Å². The van der Waals surface area contributed by atoms with Gasteiger partial charge in [0.15, 0.2) is 5.76 Å². The molecule has 0 saturated heterocycles. The van der Waals surface area contributed by atoms with Crippen LogP contribution in [0.5, 0.6) is 0 Å². The van der Waals surface area contributed by atoms with Gasteiger partial charge in [-0.2, -0.15) is 4.31 Å². The number of nitrogens with zero attached hydrogens (tertiary/aromatic N) is 2. The molecular formula is C16H22N2O3S2. The van der Waals surface area contributed by atoms with Crippen molar-refractivity contribution >= 4 is 21.4 Å². The minimum Gasteiger partial charge on any atom is -0.356 e. The van der Waals surface area contributed by atoms with Crippen molar-refractivity contribution in [1.82, 2.24) is 9.46 Å². The fourth-order valence-corrected chi connectivity index (χ4v) is 5.80. The van der Waals surface area contributed by atoms with E-state index in [0.717, 1.165) is 42.5 Å². The molecule has 7 heteroatoms. The first kappa shape index (κ1) is 16.7. The van der Waals surface area contributed by atoms with Crippen LogP contribution in [0.1, 0.15) is 43.4 Å². The zero-order valence-electron chi connectivity index (χ0n) is 13.7. The molecule has 2 aromatic rings. The lowest BCUT2D eigenvalue weighted by Gasteiger charge is -2.29. The molecule has 0 amide bonds. The fraction of sp³-hybridized carbons (Fsp3) is 0.562. The summed E-state index contributed by atoms with van der Waals surface area (Å²) in [5.74, 6) is 0.653. The molecule has 1 fully saturated rings. The Morgan fingerprint density at radius 3 is 2.57 bits per heavy atom. The molecule has 0 aromatic carbocycles. The Labute approximate surface area is 141 Å². The van der Waals surface area contributed by atoms with Crippen molar-refractivity contribution in [2.75, 3.05) is 7.05 Å². The number of rotatable bonds is 4. The van der Waals surface area contributed by atoms with Crippen molar-refractivity contribution in [2.45, 2.75) is 56.2 Å². The van der Waals surface area contributed by atoms with Gasteiger partial charge < -0.3 is 4.52 Å². The van der Waals surface area contributed by atoms with Crippen molar-refractivity contribution in [2.24, 2.45) is 0 Å². The summed E-state index contributed by atoms with van der Waals surface area (Å²) in [4.78, 5) is 0. The SMILES string of the molecule is Cc1noc(-c2csc(S(=O)(=O)N(C)C3CCCCC3)c2)c1C. The van der Waals surface area contributed by atoms with E-state index in [1.807, 2.05) is 19.2 Å². The van der Waals surface area contributed by atoms with E-state index >= 15 is 0 Å². The van der Waals surface area contributed by atoms with Crippen LogP contribution in [0.15, 0.2) is 20.2 Å². The summed E-state index contributed by atoms with van der Waals surface area (Å²) in [6.07, 6.45) is 5.33. The molecule has 0 atom stereocenters. The second-order valence-corrected chi connectivity index (χ2v) is 9.33. The quantitative estimate of drug-likeness (QED) is 0.833. The lowest BCUT2D eigenvalue weighted by molar-refractivity contribution is 0.286.